The summed E-state index contributed by atoms with van der Waals surface area (Å²) < 4.78 is 9.82. The number of unbranched alkanes of at least 4 members (excludes halogenated alkanes) is 12. The Balaban J connectivity index is 3.35. The van der Waals surface area contributed by atoms with Gasteiger partial charge in [-0.25, -0.2) is 0 Å². The first-order chi connectivity index (χ1) is 16.7. The normalized spacial score (nSPS) is 10.1. The summed E-state index contributed by atoms with van der Waals surface area (Å²) in [5.74, 6) is 12.5. The summed E-state index contributed by atoms with van der Waals surface area (Å²) in [7, 11) is 3.27. The molecule has 0 aliphatic carbocycles. The van der Waals surface area contributed by atoms with Gasteiger partial charge in [-0.05, 0) is 37.5 Å². The van der Waals surface area contributed by atoms with Gasteiger partial charge in [-0.1, -0.05) is 63.2 Å². The highest BCUT2D eigenvalue weighted by molar-refractivity contribution is 5.76. The minimum atomic E-state index is 0.126. The molecule has 0 fully saturated rings. The van der Waals surface area contributed by atoms with Gasteiger partial charge in [0.2, 0.25) is 11.8 Å². The SMILES string of the molecule is COCCNC(=O)CCCCCCCCC#CC#CCCCCCCCCC(=O)NCCOC. The Kier molecular flexibility index (Phi) is 25.6. The average Bonchev–Trinajstić information content (AvgIpc) is 2.83. The number of nitrogens with one attached hydrogen (secondary N) is 2. The van der Waals surface area contributed by atoms with Gasteiger partial charge in [-0.2, -0.15) is 0 Å². The minimum absolute atomic E-state index is 0.126. The monoisotopic (exact) mass is 476 g/mol. The van der Waals surface area contributed by atoms with Crippen LogP contribution in [0.15, 0.2) is 0 Å². The molecule has 0 spiro atoms. The second-order valence-corrected chi connectivity index (χ2v) is 8.53. The molecule has 0 heterocycles. The zero-order valence-corrected chi connectivity index (χ0v) is 21.8. The number of hydrogen-bond donors (Lipinski definition) is 2. The van der Waals surface area contributed by atoms with Crippen molar-refractivity contribution in [1.82, 2.24) is 10.6 Å². The highest BCUT2D eigenvalue weighted by atomic mass is 16.5. The Morgan fingerprint density at radius 3 is 1.29 bits per heavy atom. The summed E-state index contributed by atoms with van der Waals surface area (Å²) >= 11 is 0. The van der Waals surface area contributed by atoms with Crippen molar-refractivity contribution in [3.63, 3.8) is 0 Å². The van der Waals surface area contributed by atoms with Crippen LogP contribution in [0.5, 0.6) is 0 Å². The van der Waals surface area contributed by atoms with Gasteiger partial charge in [0.15, 0.2) is 0 Å². The van der Waals surface area contributed by atoms with Crippen molar-refractivity contribution >= 4 is 11.8 Å². The molecule has 6 heteroatoms. The van der Waals surface area contributed by atoms with Crippen molar-refractivity contribution in [1.29, 1.82) is 0 Å². The number of carbonyl (C=O) groups is 2. The van der Waals surface area contributed by atoms with Crippen LogP contribution in [0.3, 0.4) is 0 Å². The zero-order valence-electron chi connectivity index (χ0n) is 21.8. The van der Waals surface area contributed by atoms with E-state index in [1.807, 2.05) is 0 Å². The van der Waals surface area contributed by atoms with Crippen molar-refractivity contribution in [2.75, 3.05) is 40.5 Å². The lowest BCUT2D eigenvalue weighted by Gasteiger charge is -2.04. The van der Waals surface area contributed by atoms with Gasteiger partial charge in [-0.3, -0.25) is 9.59 Å². The van der Waals surface area contributed by atoms with E-state index >= 15 is 0 Å². The van der Waals surface area contributed by atoms with Crippen molar-refractivity contribution in [3.8, 4) is 23.7 Å². The molecule has 0 unspecified atom stereocenters. The van der Waals surface area contributed by atoms with E-state index in [1.165, 1.54) is 38.5 Å². The summed E-state index contributed by atoms with van der Waals surface area (Å²) in [6, 6.07) is 0. The highest BCUT2D eigenvalue weighted by Crippen LogP contribution is 2.09. The summed E-state index contributed by atoms with van der Waals surface area (Å²) in [4.78, 5) is 23.1. The van der Waals surface area contributed by atoms with E-state index in [-0.39, 0.29) is 11.8 Å². The predicted molar refractivity (Wildman–Crippen MR) is 139 cm³/mol. The molecule has 6 nitrogen and oxygen atoms in total. The second-order valence-electron chi connectivity index (χ2n) is 8.53. The standard InChI is InChI=1S/C28H48N2O4/c1-33-25-23-29-27(31)21-19-17-15-13-11-9-7-5-3-4-6-8-10-12-14-16-18-20-22-28(32)30-24-26-34-2/h7-26H2,1-2H3,(H,29,31)(H,30,32). The Bertz CT molecular complexity index is 559. The first-order valence-corrected chi connectivity index (χ1v) is 13.2. The summed E-state index contributed by atoms with van der Waals surface area (Å²) in [5, 5.41) is 5.69. The summed E-state index contributed by atoms with van der Waals surface area (Å²) in [5.41, 5.74) is 0. The molecule has 194 valence electrons. The lowest BCUT2D eigenvalue weighted by atomic mass is 10.1. The van der Waals surface area contributed by atoms with Gasteiger partial charge in [0.05, 0.1) is 13.2 Å². The van der Waals surface area contributed by atoms with Crippen molar-refractivity contribution in [2.24, 2.45) is 0 Å². The number of ether oxygens (including phenoxy) is 2. The van der Waals surface area contributed by atoms with E-state index in [0.29, 0.717) is 39.1 Å². The Morgan fingerprint density at radius 2 is 0.912 bits per heavy atom. The quantitative estimate of drug-likeness (QED) is 0.174. The third kappa shape index (κ3) is 26.2. The fourth-order valence-corrected chi connectivity index (χ4v) is 3.39. The Morgan fingerprint density at radius 1 is 0.559 bits per heavy atom. The van der Waals surface area contributed by atoms with E-state index in [0.717, 1.165) is 51.4 Å². The smallest absolute Gasteiger partial charge is 0.220 e. The van der Waals surface area contributed by atoms with E-state index in [1.54, 1.807) is 14.2 Å². The fraction of sp³-hybridized carbons (Fsp3) is 0.786. The molecule has 0 aromatic carbocycles. The van der Waals surface area contributed by atoms with Crippen LogP contribution < -0.4 is 10.6 Å². The van der Waals surface area contributed by atoms with Crippen molar-refractivity contribution in [3.05, 3.63) is 0 Å². The van der Waals surface area contributed by atoms with Gasteiger partial charge >= 0.3 is 0 Å². The van der Waals surface area contributed by atoms with Gasteiger partial charge in [0, 0.05) is 53.0 Å². The third-order valence-electron chi connectivity index (χ3n) is 5.41. The fourth-order valence-electron chi connectivity index (χ4n) is 3.39. The maximum absolute atomic E-state index is 11.5. The minimum Gasteiger partial charge on any atom is -0.383 e. The molecule has 0 atom stereocenters. The van der Waals surface area contributed by atoms with Crippen LogP contribution in [0.4, 0.5) is 0 Å². The predicted octanol–water partition coefficient (Wildman–Crippen LogP) is 4.76. The number of amides is 2. The second kappa shape index (κ2) is 27.2. The topological polar surface area (TPSA) is 76.7 Å². The first kappa shape index (κ1) is 32.0. The van der Waals surface area contributed by atoms with Crippen molar-refractivity contribution in [2.45, 2.75) is 103 Å². The number of hydrogen-bond acceptors (Lipinski definition) is 4. The average molecular weight is 477 g/mol. The number of rotatable bonds is 22. The molecule has 0 rings (SSSR count). The molecular formula is C28H48N2O4. The molecule has 34 heavy (non-hydrogen) atoms. The Hall–Kier alpha value is -2.02. The Labute approximate surface area is 208 Å². The number of methoxy groups -OCH3 is 2. The lowest BCUT2D eigenvalue weighted by molar-refractivity contribution is -0.122. The molecule has 0 aromatic heterocycles. The maximum atomic E-state index is 11.5. The first-order valence-electron chi connectivity index (χ1n) is 13.2. The van der Waals surface area contributed by atoms with Crippen LogP contribution in [0.1, 0.15) is 103 Å². The van der Waals surface area contributed by atoms with E-state index in [9.17, 15) is 9.59 Å². The molecule has 0 aliphatic rings. The molecule has 2 N–H and O–H groups in total. The lowest BCUT2D eigenvalue weighted by Crippen LogP contribution is -2.26. The summed E-state index contributed by atoms with van der Waals surface area (Å²) in [6.45, 7) is 2.34. The van der Waals surface area contributed by atoms with Crippen LogP contribution in [-0.4, -0.2) is 52.3 Å². The van der Waals surface area contributed by atoms with Crippen LogP contribution in [-0.2, 0) is 19.1 Å². The largest absolute Gasteiger partial charge is 0.383 e. The molecule has 0 aromatic rings. The van der Waals surface area contributed by atoms with E-state index < -0.39 is 0 Å². The molecule has 0 radical (unpaired) electrons. The molecule has 0 bridgehead atoms. The van der Waals surface area contributed by atoms with Crippen LogP contribution in [0.25, 0.3) is 0 Å². The highest BCUT2D eigenvalue weighted by Gasteiger charge is 2.01. The van der Waals surface area contributed by atoms with Gasteiger partial charge in [0.1, 0.15) is 0 Å². The van der Waals surface area contributed by atoms with Crippen LogP contribution in [0.2, 0.25) is 0 Å². The summed E-state index contributed by atoms with van der Waals surface area (Å²) in [6.07, 6.45) is 16.6. The number of carbonyl (C=O) groups excluding carboxylic acids is 2. The third-order valence-corrected chi connectivity index (χ3v) is 5.41. The molecule has 0 aliphatic heterocycles. The van der Waals surface area contributed by atoms with E-state index in [4.69, 9.17) is 9.47 Å². The molecular weight excluding hydrogens is 428 g/mol. The van der Waals surface area contributed by atoms with Crippen LogP contribution in [0, 0.1) is 23.7 Å². The van der Waals surface area contributed by atoms with E-state index in [2.05, 4.69) is 34.3 Å². The van der Waals surface area contributed by atoms with Crippen LogP contribution >= 0.6 is 0 Å². The van der Waals surface area contributed by atoms with Crippen molar-refractivity contribution < 1.29 is 19.1 Å². The molecule has 2 amide bonds. The zero-order chi connectivity index (χ0) is 25.0. The molecule has 0 saturated carbocycles. The molecule has 0 saturated heterocycles. The van der Waals surface area contributed by atoms with Gasteiger partial charge < -0.3 is 20.1 Å². The van der Waals surface area contributed by atoms with Gasteiger partial charge in [-0.15, -0.1) is 0 Å². The maximum Gasteiger partial charge on any atom is 0.220 e. The van der Waals surface area contributed by atoms with Gasteiger partial charge in [0.25, 0.3) is 0 Å².